The molecule has 3 rings (SSSR count). The van der Waals surface area contributed by atoms with Crippen molar-refractivity contribution >= 4 is 23.5 Å². The van der Waals surface area contributed by atoms with Crippen molar-refractivity contribution in [3.8, 4) is 0 Å². The van der Waals surface area contributed by atoms with Crippen LogP contribution >= 0.6 is 0 Å². The minimum Gasteiger partial charge on any atom is -0.298 e. The number of carbonyl (C=O) groups is 1. The second-order valence-electron chi connectivity index (χ2n) is 6.10. The van der Waals surface area contributed by atoms with Gasteiger partial charge in [0.2, 0.25) is 0 Å². The van der Waals surface area contributed by atoms with Gasteiger partial charge in [0.05, 0.1) is 6.26 Å². The summed E-state index contributed by atoms with van der Waals surface area (Å²) in [6.07, 6.45) is 5.75. The molecule has 2 saturated carbocycles. The molecule has 106 valence electrons. The summed E-state index contributed by atoms with van der Waals surface area (Å²) in [4.78, 5) is 12.3. The Balaban J connectivity index is 2.24. The van der Waals surface area contributed by atoms with Crippen molar-refractivity contribution < 1.29 is 21.6 Å². The summed E-state index contributed by atoms with van der Waals surface area (Å²) in [5.41, 5.74) is -0.366. The number of carbonyl (C=O) groups excluding carboxylic acids is 1. The summed E-state index contributed by atoms with van der Waals surface area (Å²) in [6, 6.07) is 0. The number of allylic oxidation sites excluding steroid dienone is 2. The highest BCUT2D eigenvalue weighted by Gasteiger charge is 2.83. The molecule has 3 aliphatic carbocycles. The first-order valence-electron chi connectivity index (χ1n) is 6.24. The molecule has 7 heteroatoms. The number of Topliss-reactive ketones (excluding diaryl/α,β-unsaturated/α-hetero) is 1. The van der Waals surface area contributed by atoms with Crippen LogP contribution in [-0.4, -0.2) is 33.6 Å². The molecule has 0 aromatic rings. The fraction of sp³-hybridized carbons (Fsp3) is 0.750. The largest absolute Gasteiger partial charge is 0.298 e. The second kappa shape index (κ2) is 3.31. The van der Waals surface area contributed by atoms with Crippen LogP contribution in [0.4, 0.5) is 0 Å². The Morgan fingerprint density at radius 3 is 2.47 bits per heavy atom. The number of ketones is 1. The van der Waals surface area contributed by atoms with E-state index in [9.17, 15) is 21.6 Å². The van der Waals surface area contributed by atoms with E-state index in [1.165, 1.54) is 0 Å². The Bertz CT molecular complexity index is 702. The van der Waals surface area contributed by atoms with Gasteiger partial charge >= 0.3 is 0 Å². The molecule has 0 saturated heterocycles. The van der Waals surface area contributed by atoms with Crippen LogP contribution in [0.2, 0.25) is 0 Å². The quantitative estimate of drug-likeness (QED) is 0.553. The van der Waals surface area contributed by atoms with Gasteiger partial charge in [0.25, 0.3) is 17.7 Å². The smallest absolute Gasteiger partial charge is 0.266 e. The van der Waals surface area contributed by atoms with E-state index in [4.69, 9.17) is 0 Å². The summed E-state index contributed by atoms with van der Waals surface area (Å²) in [6.45, 7) is 1.92. The lowest BCUT2D eigenvalue weighted by atomic mass is 9.73. The lowest BCUT2D eigenvalue weighted by Crippen LogP contribution is -2.45. The lowest BCUT2D eigenvalue weighted by molar-refractivity contribution is -0.121. The molecule has 0 aromatic heterocycles. The highest BCUT2D eigenvalue weighted by atomic mass is 33.2. The van der Waals surface area contributed by atoms with Crippen LogP contribution in [0.1, 0.15) is 26.2 Å². The zero-order valence-corrected chi connectivity index (χ0v) is 12.4. The van der Waals surface area contributed by atoms with Crippen molar-refractivity contribution in [1.82, 2.24) is 0 Å². The molecule has 2 fully saturated rings. The number of rotatable bonds is 2. The van der Waals surface area contributed by atoms with Crippen LogP contribution in [0, 0.1) is 17.3 Å². The summed E-state index contributed by atoms with van der Waals surface area (Å²) in [5.74, 6) is -1.14. The monoisotopic (exact) mass is 304 g/mol. The molecule has 0 N–H and O–H groups in total. The molecule has 0 aliphatic heterocycles. The van der Waals surface area contributed by atoms with Crippen molar-refractivity contribution in [1.29, 1.82) is 0 Å². The first kappa shape index (κ1) is 13.3. The lowest BCUT2D eigenvalue weighted by Gasteiger charge is -2.34. The van der Waals surface area contributed by atoms with Gasteiger partial charge in [-0.3, -0.25) is 4.79 Å². The number of fused-ring (bicyclic) bond motifs is 1. The van der Waals surface area contributed by atoms with E-state index in [2.05, 4.69) is 0 Å². The van der Waals surface area contributed by atoms with E-state index in [0.29, 0.717) is 19.1 Å². The van der Waals surface area contributed by atoms with Crippen molar-refractivity contribution in [2.45, 2.75) is 30.9 Å². The van der Waals surface area contributed by atoms with Gasteiger partial charge in [-0.05, 0) is 24.2 Å². The molecular weight excluding hydrogens is 288 g/mol. The van der Waals surface area contributed by atoms with E-state index < -0.39 is 28.3 Å². The van der Waals surface area contributed by atoms with Crippen molar-refractivity contribution in [2.24, 2.45) is 17.3 Å². The summed E-state index contributed by atoms with van der Waals surface area (Å²) in [5, 5.41) is 0. The maximum atomic E-state index is 12.4. The van der Waals surface area contributed by atoms with Gasteiger partial charge in [-0.1, -0.05) is 19.1 Å². The van der Waals surface area contributed by atoms with Gasteiger partial charge < -0.3 is 0 Å². The van der Waals surface area contributed by atoms with Gasteiger partial charge in [-0.2, -0.15) is 0 Å². The Hall–Kier alpha value is -0.690. The van der Waals surface area contributed by atoms with Crippen LogP contribution in [-0.2, 0) is 22.5 Å². The molecule has 19 heavy (non-hydrogen) atoms. The van der Waals surface area contributed by atoms with E-state index in [1.54, 1.807) is 0 Å². The average molecular weight is 304 g/mol. The first-order chi connectivity index (χ1) is 8.59. The minimum absolute atomic E-state index is 0.141. The fourth-order valence-electron chi connectivity index (χ4n) is 4.21. The molecular formula is C12H16O5S2. The van der Waals surface area contributed by atoms with Crippen LogP contribution in [0.3, 0.4) is 0 Å². The maximum absolute atomic E-state index is 12.4. The van der Waals surface area contributed by atoms with E-state index >= 15 is 0 Å². The molecule has 0 spiro atoms. The summed E-state index contributed by atoms with van der Waals surface area (Å²) < 4.78 is 46.5. The third-order valence-electron chi connectivity index (χ3n) is 5.04. The molecule has 0 heterocycles. The molecule has 5 nitrogen and oxygen atoms in total. The van der Waals surface area contributed by atoms with Gasteiger partial charge in [0.1, 0.15) is 0 Å². The van der Waals surface area contributed by atoms with Crippen molar-refractivity contribution in [3.63, 3.8) is 0 Å². The van der Waals surface area contributed by atoms with Gasteiger partial charge in [0.15, 0.2) is 10.5 Å². The maximum Gasteiger partial charge on any atom is 0.266 e. The van der Waals surface area contributed by atoms with Crippen molar-refractivity contribution in [2.75, 3.05) is 6.26 Å². The van der Waals surface area contributed by atoms with Gasteiger partial charge in [-0.25, -0.2) is 16.8 Å². The highest BCUT2D eigenvalue weighted by molar-refractivity contribution is 8.67. The van der Waals surface area contributed by atoms with E-state index in [1.807, 2.05) is 19.1 Å². The Morgan fingerprint density at radius 1 is 1.26 bits per heavy atom. The zero-order valence-electron chi connectivity index (χ0n) is 10.8. The van der Waals surface area contributed by atoms with Crippen molar-refractivity contribution in [3.05, 3.63) is 12.2 Å². The number of hydrogen-bond acceptors (Lipinski definition) is 5. The predicted octanol–water partition coefficient (Wildman–Crippen LogP) is 0.675. The minimum atomic E-state index is -4.48. The summed E-state index contributed by atoms with van der Waals surface area (Å²) in [7, 11) is -8.78. The molecule has 0 aromatic carbocycles. The van der Waals surface area contributed by atoms with Crippen LogP contribution < -0.4 is 0 Å². The molecule has 0 amide bonds. The molecule has 0 bridgehead atoms. The average Bonchev–Trinajstić information content (AvgIpc) is 2.96. The Kier molecular flexibility index (Phi) is 2.32. The zero-order chi connectivity index (χ0) is 14.3. The summed E-state index contributed by atoms with van der Waals surface area (Å²) >= 11 is 0. The highest BCUT2D eigenvalue weighted by Crippen LogP contribution is 2.72. The standard InChI is InChI=1S/C12H16O5S2/c1-11-6-3-4-8-10(11)12(8,9(13)5-7-11)19(16,17)18(2,14)15/h3,6,8,10H,4-5,7H2,1-2H3/t8-,10-,11-,12-/m0/s1. The predicted molar refractivity (Wildman–Crippen MR) is 69.6 cm³/mol. The number of hydrogen-bond donors (Lipinski definition) is 0. The Labute approximate surface area is 112 Å². The van der Waals surface area contributed by atoms with E-state index in [-0.39, 0.29) is 23.7 Å². The Morgan fingerprint density at radius 2 is 1.89 bits per heavy atom. The SMILES string of the molecule is C[C@@]12C=CC[C@H]3[C@@H]1[C@@]3(S(=O)(=O)S(C)(=O)=O)C(=O)CC2. The second-order valence-corrected chi connectivity index (χ2v) is 12.2. The molecule has 0 unspecified atom stereocenters. The molecule has 0 radical (unpaired) electrons. The topological polar surface area (TPSA) is 85.3 Å². The van der Waals surface area contributed by atoms with Crippen LogP contribution in [0.5, 0.6) is 0 Å². The van der Waals surface area contributed by atoms with Gasteiger partial charge in [0, 0.05) is 12.3 Å². The van der Waals surface area contributed by atoms with Crippen LogP contribution in [0.25, 0.3) is 0 Å². The van der Waals surface area contributed by atoms with Crippen LogP contribution in [0.15, 0.2) is 12.2 Å². The molecule has 4 atom stereocenters. The normalized spacial score (nSPS) is 44.8. The van der Waals surface area contributed by atoms with E-state index in [0.717, 1.165) is 0 Å². The third kappa shape index (κ3) is 1.28. The first-order valence-corrected chi connectivity index (χ1v) is 10.1. The third-order valence-corrected chi connectivity index (χ3v) is 10.7. The van der Waals surface area contributed by atoms with Gasteiger partial charge in [-0.15, -0.1) is 0 Å². The molecule has 3 aliphatic rings. The fourth-order valence-corrected chi connectivity index (χ4v) is 8.83.